The van der Waals surface area contributed by atoms with Crippen LogP contribution in [0.15, 0.2) is 39.7 Å². The molecule has 0 bridgehead atoms. The van der Waals surface area contributed by atoms with Crippen molar-refractivity contribution in [2.45, 2.75) is 50.8 Å². The van der Waals surface area contributed by atoms with Gasteiger partial charge in [-0.25, -0.2) is 18.1 Å². The topological polar surface area (TPSA) is 122 Å². The lowest BCUT2D eigenvalue weighted by Crippen LogP contribution is -2.26. The zero-order chi connectivity index (χ0) is 25.9. The Morgan fingerprint density at radius 1 is 1.17 bits per heavy atom. The molecule has 3 aromatic rings. The number of aromatic amines is 1. The van der Waals surface area contributed by atoms with Crippen LogP contribution in [-0.4, -0.2) is 59.8 Å². The smallest absolute Gasteiger partial charge is 0.277 e. The third-order valence-electron chi connectivity index (χ3n) is 6.24. The maximum absolute atomic E-state index is 13.1. The average Bonchev–Trinajstić information content (AvgIpc) is 3.40. The molecule has 0 atom stereocenters. The molecule has 0 spiro atoms. The number of nitrogens with zero attached hydrogens (tertiary/aromatic N) is 4. The van der Waals surface area contributed by atoms with Gasteiger partial charge in [0.2, 0.25) is 10.0 Å². The summed E-state index contributed by atoms with van der Waals surface area (Å²) < 4.78 is 36.4. The molecular formula is C25H34N6O4S. The van der Waals surface area contributed by atoms with Crippen LogP contribution in [0.2, 0.25) is 0 Å². The van der Waals surface area contributed by atoms with Gasteiger partial charge >= 0.3 is 0 Å². The first kappa shape index (κ1) is 25.9. The molecule has 10 nitrogen and oxygen atoms in total. The summed E-state index contributed by atoms with van der Waals surface area (Å²) in [5, 5.41) is 4.46. The number of hydrogen-bond donors (Lipinski definition) is 2. The van der Waals surface area contributed by atoms with Crippen LogP contribution in [0.1, 0.15) is 45.2 Å². The van der Waals surface area contributed by atoms with Crippen molar-refractivity contribution in [3.63, 3.8) is 0 Å². The van der Waals surface area contributed by atoms with E-state index in [1.807, 2.05) is 20.9 Å². The van der Waals surface area contributed by atoms with E-state index in [0.29, 0.717) is 48.3 Å². The number of hydrogen-bond acceptors (Lipinski definition) is 7. The molecule has 0 radical (unpaired) electrons. The molecular weight excluding hydrogens is 480 g/mol. The van der Waals surface area contributed by atoms with Crippen molar-refractivity contribution < 1.29 is 13.2 Å². The van der Waals surface area contributed by atoms with Gasteiger partial charge < -0.3 is 14.6 Å². The summed E-state index contributed by atoms with van der Waals surface area (Å²) in [6.07, 6.45) is 6.04. The van der Waals surface area contributed by atoms with Crippen LogP contribution in [0.3, 0.4) is 0 Å². The van der Waals surface area contributed by atoms with Gasteiger partial charge in [-0.15, -0.1) is 0 Å². The molecule has 194 valence electrons. The molecule has 0 unspecified atom stereocenters. The molecule has 0 aliphatic carbocycles. The summed E-state index contributed by atoms with van der Waals surface area (Å²) in [4.78, 5) is 22.7. The number of aromatic nitrogens is 4. The summed E-state index contributed by atoms with van der Waals surface area (Å²) >= 11 is 0. The number of sulfonamides is 1. The molecule has 1 aliphatic heterocycles. The molecule has 1 aromatic carbocycles. The van der Waals surface area contributed by atoms with Crippen LogP contribution in [0.4, 0.5) is 0 Å². The summed E-state index contributed by atoms with van der Waals surface area (Å²) in [7, 11) is -0.0683. The van der Waals surface area contributed by atoms with Gasteiger partial charge in [0.1, 0.15) is 17.1 Å². The lowest BCUT2D eigenvalue weighted by Gasteiger charge is -2.16. The highest BCUT2D eigenvalue weighted by molar-refractivity contribution is 7.89. The van der Waals surface area contributed by atoms with Crippen LogP contribution in [0.5, 0.6) is 5.75 Å². The van der Waals surface area contributed by atoms with E-state index < -0.39 is 10.0 Å². The Bertz CT molecular complexity index is 1440. The third kappa shape index (κ3) is 5.31. The second kappa shape index (κ2) is 10.8. The molecule has 11 heteroatoms. The number of aryl methyl sites for hydroxylation is 2. The second-order valence-electron chi connectivity index (χ2n) is 8.99. The Balaban J connectivity index is 1.72. The van der Waals surface area contributed by atoms with Crippen molar-refractivity contribution in [3.05, 3.63) is 46.0 Å². The van der Waals surface area contributed by atoms with Crippen LogP contribution in [0, 0.1) is 0 Å². The Hall–Kier alpha value is -3.18. The fraction of sp³-hybridized carbons (Fsp3) is 0.480. The molecule has 0 saturated heterocycles. The monoisotopic (exact) mass is 514 g/mol. The zero-order valence-electron chi connectivity index (χ0n) is 21.3. The first-order valence-electron chi connectivity index (χ1n) is 12.4. The maximum Gasteiger partial charge on any atom is 0.277 e. The van der Waals surface area contributed by atoms with Gasteiger partial charge in [-0.1, -0.05) is 26.3 Å². The predicted octanol–water partition coefficient (Wildman–Crippen LogP) is 2.95. The lowest BCUT2D eigenvalue weighted by atomic mass is 10.1. The Morgan fingerprint density at radius 3 is 2.67 bits per heavy atom. The highest BCUT2D eigenvalue weighted by atomic mass is 32.2. The van der Waals surface area contributed by atoms with Crippen molar-refractivity contribution in [2.75, 3.05) is 26.7 Å². The van der Waals surface area contributed by atoms with Crippen LogP contribution in [0.25, 0.3) is 22.4 Å². The average molecular weight is 515 g/mol. The molecule has 1 aliphatic rings. The van der Waals surface area contributed by atoms with Crippen molar-refractivity contribution in [1.29, 1.82) is 0 Å². The number of H-pyrrole nitrogens is 1. The maximum atomic E-state index is 13.1. The van der Waals surface area contributed by atoms with Gasteiger partial charge in [-0.05, 0) is 37.5 Å². The van der Waals surface area contributed by atoms with Gasteiger partial charge in [-0.3, -0.25) is 9.48 Å². The molecule has 2 N–H and O–H groups in total. The fourth-order valence-electron chi connectivity index (χ4n) is 4.39. The van der Waals surface area contributed by atoms with Crippen molar-refractivity contribution in [1.82, 2.24) is 29.4 Å². The summed E-state index contributed by atoms with van der Waals surface area (Å²) in [5.41, 5.74) is 2.84. The SMILES string of the molecule is CCCOc1ccc(S(=O)(=O)NCCC2=CCCN2C)cc1-c1nc2c(CCC)nn(C)c2c(=O)[nH]1. The van der Waals surface area contributed by atoms with Gasteiger partial charge in [0.05, 0.1) is 22.8 Å². The van der Waals surface area contributed by atoms with E-state index >= 15 is 0 Å². The van der Waals surface area contributed by atoms with Gasteiger partial charge in [0.25, 0.3) is 5.56 Å². The molecule has 3 heterocycles. The Kier molecular flexibility index (Phi) is 7.79. The van der Waals surface area contributed by atoms with E-state index in [1.165, 1.54) is 16.8 Å². The lowest BCUT2D eigenvalue weighted by molar-refractivity contribution is 0.318. The fourth-order valence-corrected chi connectivity index (χ4v) is 5.45. The molecule has 0 fully saturated rings. The van der Waals surface area contributed by atoms with Crippen molar-refractivity contribution in [3.8, 4) is 17.1 Å². The van der Waals surface area contributed by atoms with E-state index in [-0.39, 0.29) is 16.3 Å². The minimum absolute atomic E-state index is 0.0813. The van der Waals surface area contributed by atoms with Crippen LogP contribution < -0.4 is 15.0 Å². The number of ether oxygens (including phenoxy) is 1. The molecule has 36 heavy (non-hydrogen) atoms. The summed E-state index contributed by atoms with van der Waals surface area (Å²) in [6.45, 7) is 5.71. The Labute approximate surface area is 211 Å². The standard InChI is InChI=1S/C25H34N6O4S/c1-5-8-20-22-23(31(4)29-20)25(32)28-24(27-22)19-16-18(10-11-21(19)35-15-6-2)36(33,34)26-13-12-17-9-7-14-30(17)3/h9-11,16,26H,5-8,12-15H2,1-4H3,(H,27,28,32). The van der Waals surface area contributed by atoms with Crippen molar-refractivity contribution >= 4 is 21.1 Å². The highest BCUT2D eigenvalue weighted by Crippen LogP contribution is 2.31. The van der Waals surface area contributed by atoms with Crippen LogP contribution >= 0.6 is 0 Å². The molecule has 0 saturated carbocycles. The summed E-state index contributed by atoms with van der Waals surface area (Å²) in [6, 6.07) is 4.64. The third-order valence-corrected chi connectivity index (χ3v) is 7.69. The number of rotatable bonds is 11. The number of fused-ring (bicyclic) bond motifs is 1. The predicted molar refractivity (Wildman–Crippen MR) is 139 cm³/mol. The van der Waals surface area contributed by atoms with Gasteiger partial charge in [0, 0.05) is 39.3 Å². The largest absolute Gasteiger partial charge is 0.493 e. The van der Waals surface area contributed by atoms with Gasteiger partial charge in [0.15, 0.2) is 5.52 Å². The van der Waals surface area contributed by atoms with Crippen LogP contribution in [-0.2, 0) is 23.5 Å². The minimum Gasteiger partial charge on any atom is -0.493 e. The molecule has 2 aromatic heterocycles. The zero-order valence-corrected chi connectivity index (χ0v) is 22.1. The van der Waals surface area contributed by atoms with E-state index in [9.17, 15) is 13.2 Å². The van der Waals surface area contributed by atoms with E-state index in [4.69, 9.17) is 9.72 Å². The van der Waals surface area contributed by atoms with E-state index in [2.05, 4.69) is 25.8 Å². The molecule has 4 rings (SSSR count). The first-order chi connectivity index (χ1) is 17.2. The quantitative estimate of drug-likeness (QED) is 0.403. The number of nitrogens with one attached hydrogen (secondary N) is 2. The Morgan fingerprint density at radius 2 is 1.97 bits per heavy atom. The normalized spacial score (nSPS) is 14.0. The second-order valence-corrected chi connectivity index (χ2v) is 10.8. The number of benzene rings is 1. The first-order valence-corrected chi connectivity index (χ1v) is 13.9. The van der Waals surface area contributed by atoms with Gasteiger partial charge in [-0.2, -0.15) is 5.10 Å². The van der Waals surface area contributed by atoms with Crippen molar-refractivity contribution in [2.24, 2.45) is 7.05 Å². The minimum atomic E-state index is -3.79. The molecule has 0 amide bonds. The summed E-state index contributed by atoms with van der Waals surface area (Å²) in [5.74, 6) is 0.704. The van der Waals surface area contributed by atoms with E-state index in [0.717, 1.165) is 37.2 Å². The highest BCUT2D eigenvalue weighted by Gasteiger charge is 2.21. The van der Waals surface area contributed by atoms with E-state index in [1.54, 1.807) is 13.1 Å².